The van der Waals surface area contributed by atoms with Gasteiger partial charge in [0.2, 0.25) is 6.79 Å². The number of rotatable bonds is 5. The summed E-state index contributed by atoms with van der Waals surface area (Å²) in [4.78, 5) is 11.6. The summed E-state index contributed by atoms with van der Waals surface area (Å²) in [6, 6.07) is 14.8. The smallest absolute Gasteiger partial charge is 0.315 e. The number of urea groups is 1. The maximum atomic E-state index is 11.6. The summed E-state index contributed by atoms with van der Waals surface area (Å²) < 4.78 is 16.0. The number of ether oxygens (including phenoxy) is 3. The van der Waals surface area contributed by atoms with Gasteiger partial charge in [-0.15, -0.1) is 0 Å². The van der Waals surface area contributed by atoms with Gasteiger partial charge in [0, 0.05) is 12.6 Å². The average molecular weight is 338 g/mol. The molecule has 0 radical (unpaired) electrons. The van der Waals surface area contributed by atoms with Crippen LogP contribution in [0, 0.1) is 11.8 Å². The Labute approximate surface area is 146 Å². The van der Waals surface area contributed by atoms with Crippen molar-refractivity contribution in [2.75, 3.05) is 19.9 Å². The minimum absolute atomic E-state index is 0.229. The molecule has 0 bridgehead atoms. The van der Waals surface area contributed by atoms with Crippen molar-refractivity contribution in [2.45, 2.75) is 6.54 Å². The van der Waals surface area contributed by atoms with Crippen molar-refractivity contribution >= 4 is 6.03 Å². The Morgan fingerprint density at radius 1 is 1.04 bits per heavy atom. The highest BCUT2D eigenvalue weighted by Crippen LogP contribution is 2.34. The van der Waals surface area contributed by atoms with Crippen molar-refractivity contribution < 1.29 is 19.0 Å². The van der Waals surface area contributed by atoms with Gasteiger partial charge in [-0.05, 0) is 17.7 Å². The van der Waals surface area contributed by atoms with Gasteiger partial charge in [-0.3, -0.25) is 0 Å². The molecule has 0 unspecified atom stereocenters. The Bertz CT molecular complexity index is 781. The zero-order chi connectivity index (χ0) is 17.3. The predicted octanol–water partition coefficient (Wildman–Crippen LogP) is 2.30. The number of carbonyl (C=O) groups excluding carboxylic acids is 1. The van der Waals surface area contributed by atoms with E-state index in [4.69, 9.17) is 14.2 Å². The third-order valence-corrected chi connectivity index (χ3v) is 3.41. The van der Waals surface area contributed by atoms with Gasteiger partial charge in [0.05, 0.1) is 6.54 Å². The Balaban J connectivity index is 1.32. The molecule has 1 heterocycles. The van der Waals surface area contributed by atoms with Crippen molar-refractivity contribution in [3.8, 4) is 29.1 Å². The minimum Gasteiger partial charge on any atom is -0.481 e. The maximum Gasteiger partial charge on any atom is 0.315 e. The van der Waals surface area contributed by atoms with Crippen molar-refractivity contribution in [2.24, 2.45) is 0 Å². The molecule has 2 N–H and O–H groups in total. The molecule has 1 aliphatic heterocycles. The first-order valence-corrected chi connectivity index (χ1v) is 7.85. The second-order valence-electron chi connectivity index (χ2n) is 5.18. The molecule has 128 valence electrons. The van der Waals surface area contributed by atoms with E-state index < -0.39 is 0 Å². The van der Waals surface area contributed by atoms with E-state index in [-0.39, 0.29) is 26.0 Å². The summed E-state index contributed by atoms with van der Waals surface area (Å²) in [5.41, 5.74) is 1.04. The molecular formula is C19H18N2O4. The van der Waals surface area contributed by atoms with Crippen LogP contribution in [-0.2, 0) is 6.54 Å². The van der Waals surface area contributed by atoms with Crippen LogP contribution in [0.2, 0.25) is 0 Å². The molecule has 0 aliphatic carbocycles. The second-order valence-corrected chi connectivity index (χ2v) is 5.18. The van der Waals surface area contributed by atoms with Crippen molar-refractivity contribution in [3.05, 3.63) is 54.1 Å². The largest absolute Gasteiger partial charge is 0.481 e. The number of fused-ring (bicyclic) bond motifs is 1. The van der Waals surface area contributed by atoms with Crippen LogP contribution >= 0.6 is 0 Å². The van der Waals surface area contributed by atoms with Crippen LogP contribution < -0.4 is 24.8 Å². The number of nitrogens with one attached hydrogen (secondary N) is 2. The molecule has 3 rings (SSSR count). The Kier molecular flexibility index (Phi) is 5.62. The van der Waals surface area contributed by atoms with Gasteiger partial charge in [0.15, 0.2) is 11.5 Å². The van der Waals surface area contributed by atoms with E-state index >= 15 is 0 Å². The zero-order valence-electron chi connectivity index (χ0n) is 13.6. The molecule has 2 amide bonds. The molecule has 25 heavy (non-hydrogen) atoms. The summed E-state index contributed by atoms with van der Waals surface area (Å²) >= 11 is 0. The highest BCUT2D eigenvalue weighted by atomic mass is 16.7. The maximum absolute atomic E-state index is 11.6. The Hall–Kier alpha value is -3.33. The van der Waals surface area contributed by atoms with Crippen LogP contribution in [-0.4, -0.2) is 26.0 Å². The van der Waals surface area contributed by atoms with Crippen LogP contribution in [0.3, 0.4) is 0 Å². The van der Waals surface area contributed by atoms with Gasteiger partial charge >= 0.3 is 6.03 Å². The monoisotopic (exact) mass is 338 g/mol. The predicted molar refractivity (Wildman–Crippen MR) is 92.5 cm³/mol. The Morgan fingerprint density at radius 2 is 1.88 bits per heavy atom. The standard InChI is InChI=1S/C19H18N2O4/c22-19(21-13-15-6-2-1-3-7-15)20-10-4-5-11-23-16-8-9-17-18(12-16)25-14-24-17/h1-3,6-9,12H,10-11,13-14H2,(H2,20,21,22). The summed E-state index contributed by atoms with van der Waals surface area (Å²) in [6.07, 6.45) is 0. The van der Waals surface area contributed by atoms with E-state index in [0.717, 1.165) is 5.56 Å². The van der Waals surface area contributed by atoms with Crippen LogP contribution in [0.4, 0.5) is 4.79 Å². The third kappa shape index (κ3) is 5.08. The summed E-state index contributed by atoms with van der Waals surface area (Å²) in [5, 5.41) is 5.43. The first kappa shape index (κ1) is 16.5. The number of hydrogen-bond acceptors (Lipinski definition) is 4. The van der Waals surface area contributed by atoms with Crippen molar-refractivity contribution in [1.82, 2.24) is 10.6 Å². The summed E-state index contributed by atoms with van der Waals surface area (Å²) in [5.74, 6) is 7.72. The molecule has 0 saturated carbocycles. The highest BCUT2D eigenvalue weighted by Gasteiger charge is 2.13. The average Bonchev–Trinajstić information content (AvgIpc) is 3.11. The molecule has 0 spiro atoms. The van der Waals surface area contributed by atoms with Crippen molar-refractivity contribution in [1.29, 1.82) is 0 Å². The van der Waals surface area contributed by atoms with Gasteiger partial charge in [-0.1, -0.05) is 42.2 Å². The van der Waals surface area contributed by atoms with Gasteiger partial charge in [-0.25, -0.2) is 4.79 Å². The molecule has 2 aromatic rings. The van der Waals surface area contributed by atoms with Crippen LogP contribution in [0.25, 0.3) is 0 Å². The molecule has 6 nitrogen and oxygen atoms in total. The van der Waals surface area contributed by atoms with Gasteiger partial charge in [0.1, 0.15) is 12.4 Å². The molecule has 0 fully saturated rings. The number of amides is 2. The second kappa shape index (κ2) is 8.50. The normalized spacial score (nSPS) is 11.2. The fourth-order valence-electron chi connectivity index (χ4n) is 2.16. The molecule has 6 heteroatoms. The molecule has 2 aromatic carbocycles. The summed E-state index contributed by atoms with van der Waals surface area (Å²) in [6.45, 7) is 1.20. The lowest BCUT2D eigenvalue weighted by Gasteiger charge is -2.05. The number of carbonyl (C=O) groups is 1. The Morgan fingerprint density at radius 3 is 2.76 bits per heavy atom. The van der Waals surface area contributed by atoms with E-state index in [1.165, 1.54) is 0 Å². The summed E-state index contributed by atoms with van der Waals surface area (Å²) in [7, 11) is 0. The first-order chi connectivity index (χ1) is 12.3. The van der Waals surface area contributed by atoms with Gasteiger partial charge in [0.25, 0.3) is 0 Å². The molecule has 0 saturated heterocycles. The fraction of sp³-hybridized carbons (Fsp3) is 0.211. The van der Waals surface area contributed by atoms with Gasteiger partial charge < -0.3 is 24.8 Å². The van der Waals surface area contributed by atoms with Crippen LogP contribution in [0.1, 0.15) is 5.56 Å². The van der Waals surface area contributed by atoms with Crippen LogP contribution in [0.15, 0.2) is 48.5 Å². The lowest BCUT2D eigenvalue weighted by molar-refractivity contribution is 0.174. The van der Waals surface area contributed by atoms with Crippen molar-refractivity contribution in [3.63, 3.8) is 0 Å². The SMILES string of the molecule is O=C(NCC#CCOc1ccc2c(c1)OCO2)NCc1ccccc1. The van der Waals surface area contributed by atoms with Gasteiger partial charge in [-0.2, -0.15) is 0 Å². The van der Waals surface area contributed by atoms with E-state index in [9.17, 15) is 4.79 Å². The zero-order valence-corrected chi connectivity index (χ0v) is 13.6. The van der Waals surface area contributed by atoms with E-state index in [0.29, 0.717) is 23.8 Å². The molecule has 0 atom stereocenters. The van der Waals surface area contributed by atoms with Crippen LogP contribution in [0.5, 0.6) is 17.2 Å². The fourth-order valence-corrected chi connectivity index (χ4v) is 2.16. The number of benzene rings is 2. The topological polar surface area (TPSA) is 68.8 Å². The lowest BCUT2D eigenvalue weighted by Crippen LogP contribution is -2.35. The highest BCUT2D eigenvalue weighted by molar-refractivity contribution is 5.74. The first-order valence-electron chi connectivity index (χ1n) is 7.85. The number of hydrogen-bond donors (Lipinski definition) is 2. The molecule has 1 aliphatic rings. The van der Waals surface area contributed by atoms with E-state index in [2.05, 4.69) is 22.5 Å². The quantitative estimate of drug-likeness (QED) is 0.821. The third-order valence-electron chi connectivity index (χ3n) is 3.41. The minimum atomic E-state index is -0.255. The molecule has 0 aromatic heterocycles. The molecular weight excluding hydrogens is 320 g/mol. The van der Waals surface area contributed by atoms with E-state index in [1.54, 1.807) is 18.2 Å². The van der Waals surface area contributed by atoms with E-state index in [1.807, 2.05) is 30.3 Å². The lowest BCUT2D eigenvalue weighted by atomic mass is 10.2.